The lowest BCUT2D eigenvalue weighted by molar-refractivity contribution is -0.268. The molecular weight excluding hydrogens is 468 g/mol. The number of rotatable bonds is 5. The molecule has 0 aliphatic carbocycles. The Labute approximate surface area is 197 Å². The molecule has 2 heterocycles. The molecule has 35 heavy (non-hydrogen) atoms. The molecular formula is C23H24O12. The number of aliphatic hydroxyl groups is 3. The summed E-state index contributed by atoms with van der Waals surface area (Å²) < 4.78 is 26.6. The van der Waals surface area contributed by atoms with Gasteiger partial charge in [-0.2, -0.15) is 0 Å². The maximum absolute atomic E-state index is 12.9. The number of ether oxygens (including phenoxy) is 4. The van der Waals surface area contributed by atoms with Crippen molar-refractivity contribution in [2.24, 2.45) is 0 Å². The molecule has 0 spiro atoms. The minimum atomic E-state index is -1.71. The largest absolute Gasteiger partial charge is 0.504 e. The topological polar surface area (TPSA) is 189 Å². The maximum atomic E-state index is 12.9. The summed E-state index contributed by atoms with van der Waals surface area (Å²) in [7, 11) is 2.67. The van der Waals surface area contributed by atoms with E-state index < -0.39 is 53.4 Å². The molecule has 0 radical (unpaired) electrons. The Morgan fingerprint density at radius 1 is 0.857 bits per heavy atom. The van der Waals surface area contributed by atoms with Gasteiger partial charge in [0.25, 0.3) is 0 Å². The van der Waals surface area contributed by atoms with Gasteiger partial charge in [0.05, 0.1) is 20.3 Å². The van der Waals surface area contributed by atoms with Crippen LogP contribution in [0.5, 0.6) is 34.5 Å². The van der Waals surface area contributed by atoms with Crippen molar-refractivity contribution in [3.05, 3.63) is 34.5 Å². The standard InChI is InChI=1S/C23H24O12/c1-8-17(26)20(29)21(30)23(33-8)35-22-11(25)7-13-16(19(22)28)10(24)6-12(34-13)9-4-14(31-2)18(27)15(5-9)32-3/h4-8,17,20-21,23,25-30H,1-3H3/t8-,17+,20+,21-,23?/m1/s1. The normalized spacial score (nSPS) is 24.3. The number of hydrogen-bond acceptors (Lipinski definition) is 12. The van der Waals surface area contributed by atoms with Crippen LogP contribution in [0.25, 0.3) is 22.3 Å². The van der Waals surface area contributed by atoms with Crippen LogP contribution in [0, 0.1) is 0 Å². The molecule has 12 nitrogen and oxygen atoms in total. The Bertz CT molecular complexity index is 1290. The van der Waals surface area contributed by atoms with E-state index in [9.17, 15) is 35.4 Å². The van der Waals surface area contributed by atoms with Gasteiger partial charge in [0.1, 0.15) is 35.0 Å². The Morgan fingerprint density at radius 2 is 1.49 bits per heavy atom. The molecule has 1 aromatic heterocycles. The second-order valence-electron chi connectivity index (χ2n) is 7.95. The maximum Gasteiger partial charge on any atom is 0.229 e. The summed E-state index contributed by atoms with van der Waals surface area (Å²) in [5.74, 6) is -2.15. The molecule has 5 atom stereocenters. The first-order valence-electron chi connectivity index (χ1n) is 10.4. The van der Waals surface area contributed by atoms with Crippen LogP contribution >= 0.6 is 0 Å². The van der Waals surface area contributed by atoms with Crippen molar-refractivity contribution >= 4 is 11.0 Å². The zero-order valence-electron chi connectivity index (χ0n) is 18.8. The van der Waals surface area contributed by atoms with Crippen molar-refractivity contribution in [2.45, 2.75) is 37.6 Å². The number of fused-ring (bicyclic) bond motifs is 1. The molecule has 0 amide bonds. The third-order valence-corrected chi connectivity index (χ3v) is 5.73. The van der Waals surface area contributed by atoms with E-state index >= 15 is 0 Å². The Kier molecular flexibility index (Phi) is 6.38. The van der Waals surface area contributed by atoms with E-state index in [4.69, 9.17) is 23.4 Å². The first-order chi connectivity index (χ1) is 16.6. The van der Waals surface area contributed by atoms with Crippen molar-refractivity contribution in [1.82, 2.24) is 0 Å². The van der Waals surface area contributed by atoms with Crippen LogP contribution in [0.2, 0.25) is 0 Å². The zero-order chi connectivity index (χ0) is 25.6. The SMILES string of the molecule is COc1cc(-c2cc(=O)c3c(O)c(OC4O[C@H](C)[C@H](O)[C@H](O)[C@H]4O)c(O)cc3o2)cc(OC)c1O. The van der Waals surface area contributed by atoms with Crippen molar-refractivity contribution < 1.29 is 54.0 Å². The summed E-state index contributed by atoms with van der Waals surface area (Å²) in [4.78, 5) is 12.9. The van der Waals surface area contributed by atoms with E-state index in [1.54, 1.807) is 0 Å². The summed E-state index contributed by atoms with van der Waals surface area (Å²) in [6, 6.07) is 4.90. The van der Waals surface area contributed by atoms with Crippen molar-refractivity contribution in [3.8, 4) is 45.8 Å². The van der Waals surface area contributed by atoms with Crippen molar-refractivity contribution in [2.75, 3.05) is 14.2 Å². The number of aliphatic hydroxyl groups excluding tert-OH is 3. The number of phenolic OH excluding ortho intramolecular Hbond substituents is 3. The van der Waals surface area contributed by atoms with Crippen LogP contribution in [-0.4, -0.2) is 75.6 Å². The van der Waals surface area contributed by atoms with Gasteiger partial charge >= 0.3 is 0 Å². The molecule has 1 unspecified atom stereocenters. The van der Waals surface area contributed by atoms with Gasteiger partial charge in [-0.3, -0.25) is 4.79 Å². The van der Waals surface area contributed by atoms with Crippen LogP contribution in [0.15, 0.2) is 33.5 Å². The quantitative estimate of drug-likeness (QED) is 0.294. The van der Waals surface area contributed by atoms with E-state index in [-0.39, 0.29) is 34.0 Å². The lowest BCUT2D eigenvalue weighted by Crippen LogP contribution is -2.58. The van der Waals surface area contributed by atoms with Gasteiger partial charge in [-0.15, -0.1) is 0 Å². The Balaban J connectivity index is 1.78. The minimum Gasteiger partial charge on any atom is -0.504 e. The smallest absolute Gasteiger partial charge is 0.229 e. The van der Waals surface area contributed by atoms with Crippen LogP contribution in [0.4, 0.5) is 0 Å². The highest BCUT2D eigenvalue weighted by molar-refractivity contribution is 5.89. The van der Waals surface area contributed by atoms with E-state index in [1.807, 2.05) is 0 Å². The highest BCUT2D eigenvalue weighted by Crippen LogP contribution is 2.44. The van der Waals surface area contributed by atoms with E-state index in [2.05, 4.69) is 0 Å². The van der Waals surface area contributed by atoms with Crippen LogP contribution in [0.3, 0.4) is 0 Å². The molecule has 6 N–H and O–H groups in total. The van der Waals surface area contributed by atoms with Gasteiger partial charge in [-0.05, 0) is 19.1 Å². The van der Waals surface area contributed by atoms with Gasteiger partial charge in [0.2, 0.25) is 17.8 Å². The van der Waals surface area contributed by atoms with Gasteiger partial charge in [0.15, 0.2) is 28.4 Å². The van der Waals surface area contributed by atoms with Crippen LogP contribution in [-0.2, 0) is 4.74 Å². The van der Waals surface area contributed by atoms with Gasteiger partial charge in [-0.1, -0.05) is 0 Å². The fourth-order valence-corrected chi connectivity index (χ4v) is 3.79. The zero-order valence-corrected chi connectivity index (χ0v) is 18.8. The number of methoxy groups -OCH3 is 2. The molecule has 188 valence electrons. The molecule has 0 saturated carbocycles. The summed E-state index contributed by atoms with van der Waals surface area (Å²) in [5, 5.41) is 60.9. The number of aromatic hydroxyl groups is 3. The second kappa shape index (κ2) is 9.15. The molecule has 1 fully saturated rings. The third kappa shape index (κ3) is 4.17. The van der Waals surface area contributed by atoms with Crippen molar-refractivity contribution in [1.29, 1.82) is 0 Å². The Morgan fingerprint density at radius 3 is 2.09 bits per heavy atom. The number of benzene rings is 2. The van der Waals surface area contributed by atoms with Gasteiger partial charge < -0.3 is 54.0 Å². The average molecular weight is 492 g/mol. The molecule has 1 aliphatic heterocycles. The summed E-state index contributed by atoms with van der Waals surface area (Å²) in [6.45, 7) is 1.43. The highest BCUT2D eigenvalue weighted by Gasteiger charge is 2.43. The minimum absolute atomic E-state index is 0.0172. The first kappa shape index (κ1) is 24.4. The van der Waals surface area contributed by atoms with Crippen LogP contribution < -0.4 is 19.6 Å². The van der Waals surface area contributed by atoms with E-state index in [1.165, 1.54) is 33.3 Å². The fraction of sp³-hybridized carbons (Fsp3) is 0.348. The monoisotopic (exact) mass is 492 g/mol. The third-order valence-electron chi connectivity index (χ3n) is 5.73. The summed E-state index contributed by atoms with van der Waals surface area (Å²) in [5.41, 5.74) is -0.603. The predicted octanol–water partition coefficient (Wildman–Crippen LogP) is 0.800. The number of hydrogen-bond donors (Lipinski definition) is 6. The molecule has 1 saturated heterocycles. The first-order valence-corrected chi connectivity index (χ1v) is 10.4. The highest BCUT2D eigenvalue weighted by atomic mass is 16.7. The van der Waals surface area contributed by atoms with Crippen LogP contribution in [0.1, 0.15) is 6.92 Å². The summed E-state index contributed by atoms with van der Waals surface area (Å²) >= 11 is 0. The Hall–Kier alpha value is -3.71. The predicted molar refractivity (Wildman–Crippen MR) is 119 cm³/mol. The molecule has 0 bridgehead atoms. The molecule has 3 aromatic rings. The van der Waals surface area contributed by atoms with Crippen molar-refractivity contribution in [3.63, 3.8) is 0 Å². The lowest BCUT2D eigenvalue weighted by atomic mass is 10.00. The summed E-state index contributed by atoms with van der Waals surface area (Å²) in [6.07, 6.45) is -7.21. The number of phenols is 3. The van der Waals surface area contributed by atoms with E-state index in [0.29, 0.717) is 5.56 Å². The van der Waals surface area contributed by atoms with E-state index in [0.717, 1.165) is 12.1 Å². The van der Waals surface area contributed by atoms with Gasteiger partial charge in [0, 0.05) is 17.7 Å². The molecule has 2 aromatic carbocycles. The molecule has 4 rings (SSSR count). The fourth-order valence-electron chi connectivity index (χ4n) is 3.79. The van der Waals surface area contributed by atoms with Gasteiger partial charge in [-0.25, -0.2) is 0 Å². The second-order valence-corrected chi connectivity index (χ2v) is 7.95. The average Bonchev–Trinajstić information content (AvgIpc) is 2.83. The lowest BCUT2D eigenvalue weighted by Gasteiger charge is -2.38. The molecule has 1 aliphatic rings. The molecule has 12 heteroatoms.